The molecule has 100 valence electrons. The second kappa shape index (κ2) is 5.85. The number of hydrogen-bond acceptors (Lipinski definition) is 5. The predicted octanol–water partition coefficient (Wildman–Crippen LogP) is 3.63. The quantitative estimate of drug-likeness (QED) is 0.571. The van der Waals surface area contributed by atoms with Crippen molar-refractivity contribution in [3.63, 3.8) is 0 Å². The van der Waals surface area contributed by atoms with Gasteiger partial charge in [0.15, 0.2) is 0 Å². The Balaban J connectivity index is 1.69. The maximum absolute atomic E-state index is 5.86. The highest BCUT2D eigenvalue weighted by Crippen LogP contribution is 2.25. The molecule has 0 aliphatic heterocycles. The zero-order chi connectivity index (χ0) is 13.8. The van der Waals surface area contributed by atoms with Crippen LogP contribution in [0, 0.1) is 0 Å². The summed E-state index contributed by atoms with van der Waals surface area (Å²) in [6, 6.07) is 9.40. The number of hydrazone groups is 1. The second-order valence-corrected chi connectivity index (χ2v) is 5.22. The van der Waals surface area contributed by atoms with Crippen molar-refractivity contribution in [2.75, 3.05) is 5.43 Å². The molecule has 0 unspecified atom stereocenters. The molecule has 0 spiro atoms. The van der Waals surface area contributed by atoms with Gasteiger partial charge in [-0.15, -0.1) is 11.3 Å². The summed E-state index contributed by atoms with van der Waals surface area (Å²) in [5.41, 5.74) is 5.63. The molecule has 20 heavy (non-hydrogen) atoms. The van der Waals surface area contributed by atoms with Crippen molar-refractivity contribution in [1.82, 2.24) is 15.2 Å². The van der Waals surface area contributed by atoms with Gasteiger partial charge in [-0.1, -0.05) is 23.7 Å². The van der Waals surface area contributed by atoms with E-state index >= 15 is 0 Å². The lowest BCUT2D eigenvalue weighted by molar-refractivity contribution is 1.08. The molecule has 0 aliphatic carbocycles. The highest BCUT2D eigenvalue weighted by Gasteiger charge is 2.03. The number of aromatic amines is 1. The van der Waals surface area contributed by atoms with Crippen LogP contribution in [0.4, 0.5) is 5.13 Å². The van der Waals surface area contributed by atoms with Gasteiger partial charge in [0, 0.05) is 22.2 Å². The van der Waals surface area contributed by atoms with Gasteiger partial charge >= 0.3 is 0 Å². The van der Waals surface area contributed by atoms with Gasteiger partial charge < -0.3 is 0 Å². The minimum Gasteiger partial charge on any atom is -0.277 e. The number of hydrogen-bond donors (Lipinski definition) is 2. The smallest absolute Gasteiger partial charge is 0.203 e. The summed E-state index contributed by atoms with van der Waals surface area (Å²) in [5, 5.41) is 14.1. The van der Waals surface area contributed by atoms with Crippen molar-refractivity contribution in [2.45, 2.75) is 0 Å². The van der Waals surface area contributed by atoms with Crippen LogP contribution in [0.25, 0.3) is 11.3 Å². The molecule has 0 amide bonds. The molecule has 2 heterocycles. The summed E-state index contributed by atoms with van der Waals surface area (Å²) in [6.45, 7) is 0. The molecule has 0 bridgehead atoms. The zero-order valence-corrected chi connectivity index (χ0v) is 11.8. The van der Waals surface area contributed by atoms with Gasteiger partial charge in [-0.25, -0.2) is 4.98 Å². The first-order chi connectivity index (χ1) is 9.81. The van der Waals surface area contributed by atoms with Gasteiger partial charge in [0.05, 0.1) is 17.6 Å². The minimum atomic E-state index is 0.714. The first kappa shape index (κ1) is 12.8. The lowest BCUT2D eigenvalue weighted by Gasteiger charge is -1.96. The Labute approximate surface area is 124 Å². The summed E-state index contributed by atoms with van der Waals surface area (Å²) in [4.78, 5) is 4.45. The van der Waals surface area contributed by atoms with E-state index in [9.17, 15) is 0 Å². The van der Waals surface area contributed by atoms with Gasteiger partial charge in [0.2, 0.25) is 5.13 Å². The molecule has 2 aromatic heterocycles. The van der Waals surface area contributed by atoms with E-state index < -0.39 is 0 Å². The number of benzene rings is 1. The molecule has 0 fully saturated rings. The molecule has 7 heteroatoms. The van der Waals surface area contributed by atoms with Crippen molar-refractivity contribution in [1.29, 1.82) is 0 Å². The van der Waals surface area contributed by atoms with E-state index in [4.69, 9.17) is 11.6 Å². The zero-order valence-electron chi connectivity index (χ0n) is 10.2. The average Bonchev–Trinajstić information content (AvgIpc) is 3.11. The molecule has 0 saturated heterocycles. The molecule has 0 atom stereocenters. The number of anilines is 1. The molecule has 0 radical (unpaired) electrons. The van der Waals surface area contributed by atoms with Crippen molar-refractivity contribution >= 4 is 34.3 Å². The molecule has 3 rings (SSSR count). The summed E-state index contributed by atoms with van der Waals surface area (Å²) >= 11 is 7.36. The fourth-order valence-corrected chi connectivity index (χ4v) is 2.37. The number of rotatable bonds is 4. The number of aromatic nitrogens is 3. The summed E-state index contributed by atoms with van der Waals surface area (Å²) in [6.07, 6.45) is 3.32. The fraction of sp³-hybridized carbons (Fsp3) is 0. The Morgan fingerprint density at radius 1 is 1.25 bits per heavy atom. The van der Waals surface area contributed by atoms with Crippen LogP contribution in [0.3, 0.4) is 0 Å². The normalized spacial score (nSPS) is 11.1. The topological polar surface area (TPSA) is 66.0 Å². The molecule has 3 aromatic rings. The third-order valence-electron chi connectivity index (χ3n) is 2.53. The number of nitrogens with zero attached hydrogens (tertiary/aromatic N) is 3. The van der Waals surface area contributed by atoms with Crippen LogP contribution in [0.5, 0.6) is 0 Å². The Morgan fingerprint density at radius 3 is 2.85 bits per heavy atom. The van der Waals surface area contributed by atoms with Gasteiger partial charge in [-0.2, -0.15) is 10.2 Å². The predicted molar refractivity (Wildman–Crippen MR) is 82.4 cm³/mol. The summed E-state index contributed by atoms with van der Waals surface area (Å²) in [7, 11) is 0. The Bertz CT molecular complexity index is 703. The Morgan fingerprint density at radius 2 is 2.10 bits per heavy atom. The Kier molecular flexibility index (Phi) is 3.76. The van der Waals surface area contributed by atoms with E-state index in [1.54, 1.807) is 12.4 Å². The molecule has 0 saturated carbocycles. The van der Waals surface area contributed by atoms with Gasteiger partial charge in [-0.05, 0) is 18.2 Å². The third-order valence-corrected chi connectivity index (χ3v) is 3.53. The van der Waals surface area contributed by atoms with Gasteiger partial charge in [-0.3, -0.25) is 10.5 Å². The standard InChI is InChI=1S/C13H10ClN5S/c14-10-3-1-9(2-4-10)12-8-20-13(17-12)19-16-7-11-5-6-15-18-11/h1-8H,(H,15,18)(H,17,19)/b16-7+. The Hall–Kier alpha value is -2.18. The van der Waals surface area contributed by atoms with Crippen LogP contribution in [0.1, 0.15) is 5.69 Å². The van der Waals surface area contributed by atoms with Crippen molar-refractivity contribution in [3.8, 4) is 11.3 Å². The van der Waals surface area contributed by atoms with Gasteiger partial charge in [0.25, 0.3) is 0 Å². The van der Waals surface area contributed by atoms with E-state index in [1.807, 2.05) is 35.7 Å². The minimum absolute atomic E-state index is 0.714. The fourth-order valence-electron chi connectivity index (χ4n) is 1.57. The molecule has 5 nitrogen and oxygen atoms in total. The second-order valence-electron chi connectivity index (χ2n) is 3.93. The first-order valence-electron chi connectivity index (χ1n) is 5.81. The molecule has 2 N–H and O–H groups in total. The molecular formula is C13H10ClN5S. The van der Waals surface area contributed by atoms with Crippen molar-refractivity contribution < 1.29 is 0 Å². The van der Waals surface area contributed by atoms with Crippen LogP contribution < -0.4 is 5.43 Å². The van der Waals surface area contributed by atoms with E-state index in [2.05, 4.69) is 25.7 Å². The maximum Gasteiger partial charge on any atom is 0.203 e. The third kappa shape index (κ3) is 3.04. The largest absolute Gasteiger partial charge is 0.277 e. The van der Waals surface area contributed by atoms with Crippen LogP contribution in [-0.2, 0) is 0 Å². The van der Waals surface area contributed by atoms with E-state index in [0.717, 1.165) is 22.1 Å². The highest BCUT2D eigenvalue weighted by molar-refractivity contribution is 7.14. The highest BCUT2D eigenvalue weighted by atomic mass is 35.5. The molecule has 1 aromatic carbocycles. The van der Waals surface area contributed by atoms with Crippen LogP contribution in [0.2, 0.25) is 5.02 Å². The average molecular weight is 304 g/mol. The molecular weight excluding hydrogens is 294 g/mol. The van der Waals surface area contributed by atoms with E-state index in [-0.39, 0.29) is 0 Å². The SMILES string of the molecule is Clc1ccc(-c2csc(N/N=C/c3ccn[nH]3)n2)cc1. The monoisotopic (exact) mass is 303 g/mol. The summed E-state index contributed by atoms with van der Waals surface area (Å²) in [5.74, 6) is 0. The van der Waals surface area contributed by atoms with Crippen molar-refractivity contribution in [3.05, 3.63) is 52.6 Å². The summed E-state index contributed by atoms with van der Waals surface area (Å²) < 4.78 is 0. The van der Waals surface area contributed by atoms with Crippen LogP contribution >= 0.6 is 22.9 Å². The first-order valence-corrected chi connectivity index (χ1v) is 7.07. The number of nitrogens with one attached hydrogen (secondary N) is 2. The van der Waals surface area contributed by atoms with Gasteiger partial charge in [0.1, 0.15) is 0 Å². The van der Waals surface area contributed by atoms with Crippen LogP contribution in [-0.4, -0.2) is 21.4 Å². The lowest BCUT2D eigenvalue weighted by atomic mass is 10.2. The molecule has 0 aliphatic rings. The number of thiazole rings is 1. The van der Waals surface area contributed by atoms with E-state index in [1.165, 1.54) is 11.3 Å². The maximum atomic E-state index is 5.86. The number of halogens is 1. The van der Waals surface area contributed by atoms with Crippen molar-refractivity contribution in [2.24, 2.45) is 5.10 Å². The number of H-pyrrole nitrogens is 1. The van der Waals surface area contributed by atoms with E-state index in [0.29, 0.717) is 5.02 Å². The lowest BCUT2D eigenvalue weighted by Crippen LogP contribution is -1.90. The van der Waals surface area contributed by atoms with Crippen LogP contribution in [0.15, 0.2) is 47.0 Å².